The lowest BCUT2D eigenvalue weighted by Crippen LogP contribution is -2.23. The van der Waals surface area contributed by atoms with Gasteiger partial charge in [-0.2, -0.15) is 18.2 Å². The summed E-state index contributed by atoms with van der Waals surface area (Å²) in [6, 6.07) is 1.06. The Morgan fingerprint density at radius 1 is 1.20 bits per heavy atom. The molecule has 2 unspecified atom stereocenters. The van der Waals surface area contributed by atoms with Crippen LogP contribution in [-0.4, -0.2) is 30.1 Å². The zero-order valence-electron chi connectivity index (χ0n) is 11.2. The van der Waals surface area contributed by atoms with Crippen molar-refractivity contribution >= 4 is 11.8 Å². The molecule has 2 aliphatic rings. The van der Waals surface area contributed by atoms with Gasteiger partial charge < -0.3 is 10.2 Å². The van der Waals surface area contributed by atoms with Gasteiger partial charge in [0, 0.05) is 26.2 Å². The summed E-state index contributed by atoms with van der Waals surface area (Å²) >= 11 is 0. The van der Waals surface area contributed by atoms with E-state index in [1.165, 1.54) is 26.3 Å². The SMILES string of the molecule is CNc1nc(N2CC3CCCC3C2)cc(C(F)(F)F)n1. The van der Waals surface area contributed by atoms with Gasteiger partial charge in [0.1, 0.15) is 5.82 Å². The third-order valence-corrected chi connectivity index (χ3v) is 4.28. The highest BCUT2D eigenvalue weighted by molar-refractivity contribution is 5.46. The summed E-state index contributed by atoms with van der Waals surface area (Å²) in [7, 11) is 1.53. The summed E-state index contributed by atoms with van der Waals surface area (Å²) in [4.78, 5) is 9.64. The Labute approximate surface area is 115 Å². The van der Waals surface area contributed by atoms with Crippen molar-refractivity contribution in [3.63, 3.8) is 0 Å². The molecule has 1 aliphatic carbocycles. The van der Waals surface area contributed by atoms with Gasteiger partial charge in [-0.15, -0.1) is 0 Å². The molecule has 1 N–H and O–H groups in total. The quantitative estimate of drug-likeness (QED) is 0.907. The van der Waals surface area contributed by atoms with Gasteiger partial charge >= 0.3 is 6.18 Å². The number of halogens is 3. The summed E-state index contributed by atoms with van der Waals surface area (Å²) in [5.74, 6) is 1.62. The van der Waals surface area contributed by atoms with E-state index in [1.54, 1.807) is 0 Å². The minimum atomic E-state index is -4.45. The molecular weight excluding hydrogens is 269 g/mol. The summed E-state index contributed by atoms with van der Waals surface area (Å²) in [6.07, 6.45) is -0.851. The van der Waals surface area contributed by atoms with Crippen molar-refractivity contribution in [2.75, 3.05) is 30.4 Å². The molecule has 1 aromatic heterocycles. The van der Waals surface area contributed by atoms with Crippen molar-refractivity contribution in [2.45, 2.75) is 25.4 Å². The molecule has 3 rings (SSSR count). The van der Waals surface area contributed by atoms with Crippen LogP contribution >= 0.6 is 0 Å². The van der Waals surface area contributed by atoms with Gasteiger partial charge in [-0.1, -0.05) is 6.42 Å². The Bertz CT molecular complexity index is 491. The minimum absolute atomic E-state index is 0.0203. The first kappa shape index (κ1) is 13.5. The molecule has 2 heterocycles. The molecule has 0 radical (unpaired) electrons. The molecule has 110 valence electrons. The van der Waals surface area contributed by atoms with Gasteiger partial charge in [-0.05, 0) is 24.7 Å². The molecule has 7 heteroatoms. The molecule has 20 heavy (non-hydrogen) atoms. The lowest BCUT2D eigenvalue weighted by Gasteiger charge is -2.20. The van der Waals surface area contributed by atoms with E-state index in [1.807, 2.05) is 4.90 Å². The number of nitrogens with zero attached hydrogens (tertiary/aromatic N) is 3. The molecule has 0 bridgehead atoms. The molecule has 0 aromatic carbocycles. The molecule has 1 aliphatic heterocycles. The average molecular weight is 286 g/mol. The maximum Gasteiger partial charge on any atom is 0.433 e. The highest BCUT2D eigenvalue weighted by Gasteiger charge is 2.38. The number of anilines is 2. The van der Waals surface area contributed by atoms with Crippen LogP contribution in [-0.2, 0) is 6.18 Å². The van der Waals surface area contributed by atoms with Crippen molar-refractivity contribution in [2.24, 2.45) is 11.8 Å². The van der Waals surface area contributed by atoms with E-state index in [2.05, 4.69) is 15.3 Å². The topological polar surface area (TPSA) is 41.1 Å². The van der Waals surface area contributed by atoms with Crippen molar-refractivity contribution in [3.05, 3.63) is 11.8 Å². The predicted molar refractivity (Wildman–Crippen MR) is 69.6 cm³/mol. The van der Waals surface area contributed by atoms with Crippen LogP contribution in [0.5, 0.6) is 0 Å². The number of alkyl halides is 3. The number of hydrogen-bond donors (Lipinski definition) is 1. The molecule has 2 atom stereocenters. The molecule has 0 spiro atoms. The van der Waals surface area contributed by atoms with Crippen LogP contribution in [0.15, 0.2) is 6.07 Å². The van der Waals surface area contributed by atoms with Gasteiger partial charge in [0.2, 0.25) is 5.95 Å². The Kier molecular flexibility index (Phi) is 3.22. The second-order valence-electron chi connectivity index (χ2n) is 5.54. The van der Waals surface area contributed by atoms with Crippen LogP contribution < -0.4 is 10.2 Å². The van der Waals surface area contributed by atoms with Gasteiger partial charge in [-0.3, -0.25) is 0 Å². The fourth-order valence-corrected chi connectivity index (χ4v) is 3.28. The standard InChI is InChI=1S/C13H17F3N4/c1-17-12-18-10(13(14,15)16)5-11(19-12)20-6-8-3-2-4-9(8)7-20/h5,8-9H,2-4,6-7H2,1H3,(H,17,18,19). The van der Waals surface area contributed by atoms with Gasteiger partial charge in [0.05, 0.1) is 0 Å². The van der Waals surface area contributed by atoms with E-state index >= 15 is 0 Å². The Morgan fingerprint density at radius 3 is 2.40 bits per heavy atom. The highest BCUT2D eigenvalue weighted by atomic mass is 19.4. The molecule has 2 fully saturated rings. The third kappa shape index (κ3) is 2.41. The first-order chi connectivity index (χ1) is 9.47. The normalized spacial score (nSPS) is 25.9. The molecular formula is C13H17F3N4. The number of aromatic nitrogens is 2. The van der Waals surface area contributed by atoms with E-state index in [4.69, 9.17) is 0 Å². The fourth-order valence-electron chi connectivity index (χ4n) is 3.28. The average Bonchev–Trinajstić information content (AvgIpc) is 2.97. The van der Waals surface area contributed by atoms with Crippen molar-refractivity contribution in [1.29, 1.82) is 0 Å². The lowest BCUT2D eigenvalue weighted by molar-refractivity contribution is -0.141. The fraction of sp³-hybridized carbons (Fsp3) is 0.692. The van der Waals surface area contributed by atoms with E-state index < -0.39 is 11.9 Å². The van der Waals surface area contributed by atoms with Crippen molar-refractivity contribution in [3.8, 4) is 0 Å². The van der Waals surface area contributed by atoms with Crippen LogP contribution in [0.4, 0.5) is 24.9 Å². The Morgan fingerprint density at radius 2 is 1.85 bits per heavy atom. The summed E-state index contributed by atoms with van der Waals surface area (Å²) in [5.41, 5.74) is -0.885. The monoisotopic (exact) mass is 286 g/mol. The van der Waals surface area contributed by atoms with Gasteiger partial charge in [-0.25, -0.2) is 4.98 Å². The summed E-state index contributed by atoms with van der Waals surface area (Å²) in [6.45, 7) is 1.62. The first-order valence-corrected chi connectivity index (χ1v) is 6.86. The predicted octanol–water partition coefficient (Wildman–Crippen LogP) is 2.77. The second-order valence-corrected chi connectivity index (χ2v) is 5.54. The van der Waals surface area contributed by atoms with Gasteiger partial charge in [0.25, 0.3) is 0 Å². The highest BCUT2D eigenvalue weighted by Crippen LogP contribution is 2.40. The maximum atomic E-state index is 12.9. The Balaban J connectivity index is 1.89. The maximum absolute atomic E-state index is 12.9. The zero-order chi connectivity index (χ0) is 14.3. The number of rotatable bonds is 2. The number of nitrogens with one attached hydrogen (secondary N) is 1. The smallest absolute Gasteiger partial charge is 0.357 e. The molecule has 4 nitrogen and oxygen atoms in total. The number of hydrogen-bond acceptors (Lipinski definition) is 4. The summed E-state index contributed by atoms with van der Waals surface area (Å²) < 4.78 is 38.6. The Hall–Kier alpha value is -1.53. The third-order valence-electron chi connectivity index (χ3n) is 4.28. The number of fused-ring (bicyclic) bond motifs is 1. The molecule has 1 aromatic rings. The first-order valence-electron chi connectivity index (χ1n) is 6.86. The van der Waals surface area contributed by atoms with E-state index in [0.29, 0.717) is 17.7 Å². The van der Waals surface area contributed by atoms with Crippen LogP contribution in [0, 0.1) is 11.8 Å². The van der Waals surface area contributed by atoms with E-state index in [0.717, 1.165) is 19.2 Å². The minimum Gasteiger partial charge on any atom is -0.357 e. The van der Waals surface area contributed by atoms with Crippen LogP contribution in [0.2, 0.25) is 0 Å². The second kappa shape index (κ2) is 4.79. The lowest BCUT2D eigenvalue weighted by atomic mass is 10.0. The van der Waals surface area contributed by atoms with Crippen LogP contribution in [0.3, 0.4) is 0 Å². The molecule has 1 saturated heterocycles. The summed E-state index contributed by atoms with van der Waals surface area (Å²) in [5, 5.41) is 2.60. The van der Waals surface area contributed by atoms with Crippen molar-refractivity contribution in [1.82, 2.24) is 9.97 Å². The van der Waals surface area contributed by atoms with Crippen molar-refractivity contribution < 1.29 is 13.2 Å². The van der Waals surface area contributed by atoms with Gasteiger partial charge in [0.15, 0.2) is 5.69 Å². The van der Waals surface area contributed by atoms with Crippen LogP contribution in [0.25, 0.3) is 0 Å². The van der Waals surface area contributed by atoms with E-state index in [-0.39, 0.29) is 5.95 Å². The van der Waals surface area contributed by atoms with Crippen LogP contribution in [0.1, 0.15) is 25.0 Å². The largest absolute Gasteiger partial charge is 0.433 e. The zero-order valence-corrected chi connectivity index (χ0v) is 11.2. The van der Waals surface area contributed by atoms with E-state index in [9.17, 15) is 13.2 Å². The molecule has 1 saturated carbocycles. The molecule has 0 amide bonds.